The van der Waals surface area contributed by atoms with Crippen LogP contribution in [0, 0.1) is 0 Å². The zero-order valence-electron chi connectivity index (χ0n) is 10.9. The second-order valence-corrected chi connectivity index (χ2v) is 8.60. The van der Waals surface area contributed by atoms with E-state index < -0.39 is 9.84 Å². The second kappa shape index (κ2) is 5.36. The molecule has 1 aliphatic heterocycles. The van der Waals surface area contributed by atoms with Gasteiger partial charge in [-0.25, -0.2) is 8.42 Å². The number of benzene rings is 2. The zero-order chi connectivity index (χ0) is 15.2. The third kappa shape index (κ3) is 2.61. The van der Waals surface area contributed by atoms with Crippen molar-refractivity contribution in [2.75, 3.05) is 0 Å². The molecular weight excluding hydrogens is 347 g/mol. The van der Waals surface area contributed by atoms with Gasteiger partial charge in [-0.2, -0.15) is 0 Å². The van der Waals surface area contributed by atoms with Crippen molar-refractivity contribution >= 4 is 49.7 Å². The van der Waals surface area contributed by atoms with Crippen LogP contribution in [0.2, 0.25) is 10.0 Å². The van der Waals surface area contributed by atoms with E-state index in [-0.39, 0.29) is 4.90 Å². The van der Waals surface area contributed by atoms with Gasteiger partial charge in [0.05, 0.1) is 9.80 Å². The molecule has 0 atom stereocenters. The van der Waals surface area contributed by atoms with Gasteiger partial charge in [0.15, 0.2) is 0 Å². The van der Waals surface area contributed by atoms with Crippen LogP contribution >= 0.6 is 35.0 Å². The maximum absolute atomic E-state index is 12.4. The van der Waals surface area contributed by atoms with Gasteiger partial charge in [0.25, 0.3) is 0 Å². The van der Waals surface area contributed by atoms with Crippen molar-refractivity contribution in [3.05, 3.63) is 63.0 Å². The lowest BCUT2D eigenvalue weighted by molar-refractivity contribution is 0.603. The molecule has 2 aromatic rings. The molecule has 0 saturated heterocycles. The number of fused-ring (bicyclic) bond motifs is 1. The fraction of sp³-hybridized carbons (Fsp3) is 0.0667. The number of thioether (sulfide) groups is 1. The van der Waals surface area contributed by atoms with Gasteiger partial charge in [-0.3, -0.25) is 0 Å². The normalized spacial score (nSPS) is 16.1. The van der Waals surface area contributed by atoms with Gasteiger partial charge < -0.3 is 0 Å². The lowest BCUT2D eigenvalue weighted by Gasteiger charge is -2.05. The molecule has 0 aromatic heterocycles. The lowest BCUT2D eigenvalue weighted by Crippen LogP contribution is -1.97. The largest absolute Gasteiger partial charge is 0.219 e. The average molecular weight is 357 g/mol. The van der Waals surface area contributed by atoms with Gasteiger partial charge >= 0.3 is 0 Å². The summed E-state index contributed by atoms with van der Waals surface area (Å²) in [6.07, 6.45) is 0. The Hall–Kier alpha value is -0.940. The van der Waals surface area contributed by atoms with E-state index >= 15 is 0 Å². The Labute approximate surface area is 137 Å². The van der Waals surface area contributed by atoms with E-state index in [2.05, 4.69) is 0 Å². The molecule has 6 heteroatoms. The fourth-order valence-corrected chi connectivity index (χ4v) is 5.38. The summed E-state index contributed by atoms with van der Waals surface area (Å²) in [6, 6.07) is 12.3. The van der Waals surface area contributed by atoms with E-state index in [0.29, 0.717) is 20.5 Å². The van der Waals surface area contributed by atoms with E-state index in [1.807, 2.05) is 12.1 Å². The Bertz CT molecular complexity index is 854. The summed E-state index contributed by atoms with van der Waals surface area (Å²) in [6.45, 7) is 1.63. The molecule has 0 saturated carbocycles. The molecule has 0 aliphatic carbocycles. The topological polar surface area (TPSA) is 34.1 Å². The minimum atomic E-state index is -3.44. The molecule has 2 nitrogen and oxygen atoms in total. The molecular formula is C15H10Cl2O2S2. The Kier molecular flexibility index (Phi) is 3.82. The van der Waals surface area contributed by atoms with Crippen LogP contribution in [0.5, 0.6) is 0 Å². The van der Waals surface area contributed by atoms with Gasteiger partial charge in [-0.1, -0.05) is 41.0 Å². The van der Waals surface area contributed by atoms with E-state index in [9.17, 15) is 8.42 Å². The molecule has 21 heavy (non-hydrogen) atoms. The van der Waals surface area contributed by atoms with E-state index in [0.717, 1.165) is 9.80 Å². The fourth-order valence-electron chi connectivity index (χ4n) is 2.13. The van der Waals surface area contributed by atoms with Gasteiger partial charge in [-0.05, 0) is 43.3 Å². The summed E-state index contributed by atoms with van der Waals surface area (Å²) in [5.41, 5.74) is 0.705. The van der Waals surface area contributed by atoms with Crippen LogP contribution in [0.1, 0.15) is 12.5 Å². The minimum Gasteiger partial charge on any atom is -0.219 e. The van der Waals surface area contributed by atoms with Gasteiger partial charge in [-0.15, -0.1) is 0 Å². The zero-order valence-corrected chi connectivity index (χ0v) is 14.1. The predicted molar refractivity (Wildman–Crippen MR) is 88.5 cm³/mol. The third-order valence-corrected chi connectivity index (χ3v) is 7.02. The summed E-state index contributed by atoms with van der Waals surface area (Å²) in [7, 11) is -3.44. The van der Waals surface area contributed by atoms with Crippen LogP contribution in [-0.4, -0.2) is 8.42 Å². The first-order valence-corrected chi connectivity index (χ1v) is 9.14. The van der Waals surface area contributed by atoms with E-state index in [1.165, 1.54) is 17.8 Å². The van der Waals surface area contributed by atoms with Crippen molar-refractivity contribution in [1.82, 2.24) is 0 Å². The highest BCUT2D eigenvalue weighted by Gasteiger charge is 2.33. The molecule has 108 valence electrons. The summed E-state index contributed by atoms with van der Waals surface area (Å²) in [5.74, 6) is 0. The van der Waals surface area contributed by atoms with Crippen LogP contribution in [0.25, 0.3) is 4.91 Å². The quantitative estimate of drug-likeness (QED) is 0.735. The lowest BCUT2D eigenvalue weighted by atomic mass is 10.2. The minimum absolute atomic E-state index is 0.281. The first kappa shape index (κ1) is 15.0. The Morgan fingerprint density at radius 1 is 0.952 bits per heavy atom. The van der Waals surface area contributed by atoms with Crippen LogP contribution in [0.4, 0.5) is 0 Å². The maximum atomic E-state index is 12.4. The van der Waals surface area contributed by atoms with Crippen molar-refractivity contribution in [1.29, 1.82) is 0 Å². The molecule has 2 aromatic carbocycles. The number of halogens is 2. The molecule has 0 spiro atoms. The Balaban J connectivity index is 2.11. The van der Waals surface area contributed by atoms with Crippen LogP contribution in [-0.2, 0) is 9.84 Å². The Morgan fingerprint density at radius 2 is 1.57 bits per heavy atom. The average Bonchev–Trinajstić information content (AvgIpc) is 2.63. The third-order valence-electron chi connectivity index (χ3n) is 3.23. The molecule has 0 N–H and O–H groups in total. The number of sulfone groups is 1. The van der Waals surface area contributed by atoms with Crippen LogP contribution in [0.3, 0.4) is 0 Å². The molecule has 0 unspecified atom stereocenters. The van der Waals surface area contributed by atoms with Crippen molar-refractivity contribution in [2.45, 2.75) is 16.7 Å². The number of hydrogen-bond donors (Lipinski definition) is 0. The standard InChI is InChI=1S/C15H10Cl2O2S2/c1-9-15(20-12-5-2-10(16)3-6-12)13-7-4-11(17)8-14(13)21(9,18)19/h2-8H,1H3. The monoisotopic (exact) mass is 356 g/mol. The van der Waals surface area contributed by atoms with Crippen molar-refractivity contribution in [3.8, 4) is 0 Å². The van der Waals surface area contributed by atoms with Crippen molar-refractivity contribution < 1.29 is 8.42 Å². The number of hydrogen-bond acceptors (Lipinski definition) is 3. The first-order chi connectivity index (χ1) is 9.89. The highest BCUT2D eigenvalue weighted by molar-refractivity contribution is 8.10. The van der Waals surface area contributed by atoms with E-state index in [4.69, 9.17) is 23.2 Å². The molecule has 1 heterocycles. The summed E-state index contributed by atoms with van der Waals surface area (Å²) < 4.78 is 24.9. The summed E-state index contributed by atoms with van der Waals surface area (Å²) in [4.78, 5) is 2.32. The van der Waals surface area contributed by atoms with Crippen molar-refractivity contribution in [2.24, 2.45) is 0 Å². The maximum Gasteiger partial charge on any atom is 0.204 e. The predicted octanol–water partition coefficient (Wildman–Crippen LogP) is 5.26. The van der Waals surface area contributed by atoms with Gasteiger partial charge in [0, 0.05) is 25.4 Å². The second-order valence-electron chi connectivity index (χ2n) is 4.59. The van der Waals surface area contributed by atoms with Gasteiger partial charge in [0.2, 0.25) is 9.84 Å². The number of allylic oxidation sites excluding steroid dienone is 1. The van der Waals surface area contributed by atoms with E-state index in [1.54, 1.807) is 31.2 Å². The number of rotatable bonds is 2. The Morgan fingerprint density at radius 3 is 2.24 bits per heavy atom. The molecule has 0 radical (unpaired) electrons. The first-order valence-electron chi connectivity index (χ1n) is 6.09. The smallest absolute Gasteiger partial charge is 0.204 e. The summed E-state index contributed by atoms with van der Waals surface area (Å²) >= 11 is 13.2. The molecule has 0 amide bonds. The SMILES string of the molecule is CC1=C(Sc2ccc(Cl)cc2)c2ccc(Cl)cc2S1(=O)=O. The molecule has 3 rings (SSSR count). The molecule has 0 bridgehead atoms. The highest BCUT2D eigenvalue weighted by atomic mass is 35.5. The summed E-state index contributed by atoms with van der Waals surface area (Å²) in [5, 5.41) is 1.07. The van der Waals surface area contributed by atoms with Crippen LogP contribution in [0.15, 0.2) is 57.2 Å². The van der Waals surface area contributed by atoms with Gasteiger partial charge in [0.1, 0.15) is 0 Å². The molecule has 0 fully saturated rings. The van der Waals surface area contributed by atoms with Crippen LogP contribution < -0.4 is 0 Å². The molecule has 1 aliphatic rings. The van der Waals surface area contributed by atoms with Crippen molar-refractivity contribution in [3.63, 3.8) is 0 Å². The highest BCUT2D eigenvalue weighted by Crippen LogP contribution is 2.48.